The summed E-state index contributed by atoms with van der Waals surface area (Å²) in [5.41, 5.74) is -1.60. The molecular weight excluding hydrogens is 308 g/mol. The van der Waals surface area contributed by atoms with Crippen molar-refractivity contribution in [3.63, 3.8) is 0 Å². The molecule has 124 valence electrons. The molecule has 0 fully saturated rings. The molecule has 1 atom stereocenters. The maximum Gasteiger partial charge on any atom is 0.300 e. The molecule has 0 aliphatic rings. The fraction of sp³-hybridized carbons (Fsp3) is 0.562. The second kappa shape index (κ2) is 6.26. The Morgan fingerprint density at radius 1 is 1.18 bits per heavy atom. The Labute approximate surface area is 133 Å². The number of hydrogen-bond acceptors (Lipinski definition) is 3. The van der Waals surface area contributed by atoms with Gasteiger partial charge in [-0.1, -0.05) is 22.6 Å². The zero-order valence-corrected chi connectivity index (χ0v) is 14.6. The zero-order chi connectivity index (χ0) is 17.3. The Kier molecular flexibility index (Phi) is 5.42. The third-order valence-electron chi connectivity index (χ3n) is 3.15. The van der Waals surface area contributed by atoms with Crippen molar-refractivity contribution in [1.82, 2.24) is 0 Å². The SMILES string of the molecule is CC(=N[S+]([O-])C(C)(C)C)c1cccc(C(F)(F)C(C)(C)O)c1. The van der Waals surface area contributed by atoms with Gasteiger partial charge >= 0.3 is 5.92 Å². The summed E-state index contributed by atoms with van der Waals surface area (Å²) >= 11 is -1.46. The average Bonchev–Trinajstić information content (AvgIpc) is 2.36. The van der Waals surface area contributed by atoms with Gasteiger partial charge in [-0.15, -0.1) is 0 Å². The molecule has 0 heterocycles. The molecule has 22 heavy (non-hydrogen) atoms. The first-order valence-corrected chi connectivity index (χ1v) is 8.06. The Bertz CT molecular complexity index is 560. The highest BCUT2D eigenvalue weighted by atomic mass is 32.2. The van der Waals surface area contributed by atoms with E-state index in [1.165, 1.54) is 18.2 Å². The van der Waals surface area contributed by atoms with Crippen LogP contribution < -0.4 is 0 Å². The minimum Gasteiger partial charge on any atom is -0.591 e. The molecule has 6 heteroatoms. The predicted octanol–water partition coefficient (Wildman–Crippen LogP) is 3.82. The number of rotatable bonds is 4. The van der Waals surface area contributed by atoms with Crippen molar-refractivity contribution >= 4 is 17.1 Å². The van der Waals surface area contributed by atoms with Crippen molar-refractivity contribution in [2.45, 2.75) is 57.8 Å². The van der Waals surface area contributed by atoms with Crippen LogP contribution in [0.1, 0.15) is 52.7 Å². The van der Waals surface area contributed by atoms with Crippen molar-refractivity contribution in [2.24, 2.45) is 4.40 Å². The van der Waals surface area contributed by atoms with Crippen LogP contribution >= 0.6 is 0 Å². The first kappa shape index (κ1) is 19.1. The second-order valence-corrected chi connectivity index (χ2v) is 8.66. The monoisotopic (exact) mass is 331 g/mol. The van der Waals surface area contributed by atoms with Crippen LogP contribution in [0, 0.1) is 0 Å². The van der Waals surface area contributed by atoms with Gasteiger partial charge in [-0.3, -0.25) is 0 Å². The minimum absolute atomic E-state index is 0.298. The first-order chi connectivity index (χ1) is 9.76. The fourth-order valence-electron chi connectivity index (χ4n) is 1.61. The molecule has 1 unspecified atom stereocenters. The number of halogens is 2. The summed E-state index contributed by atoms with van der Waals surface area (Å²) in [6, 6.07) is 5.64. The Hall–Kier alpha value is -0.980. The van der Waals surface area contributed by atoms with Gasteiger partial charge < -0.3 is 9.66 Å². The number of nitrogens with zero attached hydrogens (tertiary/aromatic N) is 1. The highest BCUT2D eigenvalue weighted by Gasteiger charge is 2.47. The molecule has 0 saturated heterocycles. The Balaban J connectivity index is 3.20. The highest BCUT2D eigenvalue weighted by molar-refractivity contribution is 7.91. The van der Waals surface area contributed by atoms with Crippen LogP contribution in [-0.4, -0.2) is 25.7 Å². The van der Waals surface area contributed by atoms with Crippen LogP contribution in [0.25, 0.3) is 0 Å². The molecule has 0 amide bonds. The minimum atomic E-state index is -3.40. The summed E-state index contributed by atoms with van der Waals surface area (Å²) in [5.74, 6) is -3.40. The number of benzene rings is 1. The van der Waals surface area contributed by atoms with E-state index in [9.17, 15) is 18.4 Å². The number of hydrogen-bond donors (Lipinski definition) is 1. The van der Waals surface area contributed by atoms with Crippen molar-refractivity contribution < 1.29 is 18.4 Å². The molecule has 1 aromatic rings. The normalized spacial score (nSPS) is 15.8. The van der Waals surface area contributed by atoms with Gasteiger partial charge in [0, 0.05) is 11.1 Å². The molecule has 0 saturated carbocycles. The van der Waals surface area contributed by atoms with Crippen LogP contribution in [0.4, 0.5) is 8.78 Å². The van der Waals surface area contributed by atoms with Crippen LogP contribution in [0.15, 0.2) is 28.7 Å². The number of aliphatic hydroxyl groups is 1. The summed E-state index contributed by atoms with van der Waals surface area (Å²) in [7, 11) is 0. The molecule has 0 aromatic heterocycles. The van der Waals surface area contributed by atoms with Crippen molar-refractivity contribution in [3.8, 4) is 0 Å². The number of alkyl halides is 2. The maximum absolute atomic E-state index is 14.2. The molecular formula is C16H23F2NO2S. The van der Waals surface area contributed by atoms with Gasteiger partial charge in [0.15, 0.2) is 0 Å². The van der Waals surface area contributed by atoms with Gasteiger partial charge in [-0.05, 0) is 47.6 Å². The van der Waals surface area contributed by atoms with E-state index in [0.717, 1.165) is 13.8 Å². The molecule has 0 bridgehead atoms. The molecule has 0 radical (unpaired) electrons. The lowest BCUT2D eigenvalue weighted by molar-refractivity contribution is -0.168. The van der Waals surface area contributed by atoms with E-state index in [1.807, 2.05) is 0 Å². The van der Waals surface area contributed by atoms with Crippen LogP contribution in [-0.2, 0) is 17.3 Å². The lowest BCUT2D eigenvalue weighted by Gasteiger charge is -2.29. The molecule has 1 aromatic carbocycles. The maximum atomic E-state index is 14.2. The van der Waals surface area contributed by atoms with Crippen LogP contribution in [0.3, 0.4) is 0 Å². The van der Waals surface area contributed by atoms with E-state index in [0.29, 0.717) is 11.3 Å². The summed E-state index contributed by atoms with van der Waals surface area (Å²) in [6.45, 7) is 9.13. The van der Waals surface area contributed by atoms with Crippen LogP contribution in [0.5, 0.6) is 0 Å². The summed E-state index contributed by atoms with van der Waals surface area (Å²) in [6.07, 6.45) is 0. The van der Waals surface area contributed by atoms with E-state index in [2.05, 4.69) is 4.40 Å². The molecule has 1 N–H and O–H groups in total. The van der Waals surface area contributed by atoms with Crippen molar-refractivity contribution in [3.05, 3.63) is 35.4 Å². The molecule has 0 aliphatic heterocycles. The zero-order valence-electron chi connectivity index (χ0n) is 13.8. The second-order valence-electron chi connectivity index (χ2n) is 6.75. The predicted molar refractivity (Wildman–Crippen MR) is 86.7 cm³/mol. The fourth-order valence-corrected chi connectivity index (χ4v) is 2.23. The third-order valence-corrected chi connectivity index (χ3v) is 4.64. The molecule has 0 spiro atoms. The van der Waals surface area contributed by atoms with E-state index < -0.39 is 27.6 Å². The lowest BCUT2D eigenvalue weighted by atomic mass is 9.92. The van der Waals surface area contributed by atoms with E-state index in [1.54, 1.807) is 33.8 Å². The molecule has 1 rings (SSSR count). The van der Waals surface area contributed by atoms with Gasteiger partial charge in [-0.25, -0.2) is 0 Å². The Morgan fingerprint density at radius 2 is 1.73 bits per heavy atom. The summed E-state index contributed by atoms with van der Waals surface area (Å²) in [4.78, 5) is 0. The Morgan fingerprint density at radius 3 is 2.18 bits per heavy atom. The topological polar surface area (TPSA) is 55.7 Å². The quantitative estimate of drug-likeness (QED) is 0.673. The van der Waals surface area contributed by atoms with Gasteiger partial charge in [0.05, 0.1) is 5.71 Å². The highest BCUT2D eigenvalue weighted by Crippen LogP contribution is 2.38. The smallest absolute Gasteiger partial charge is 0.300 e. The van der Waals surface area contributed by atoms with Gasteiger partial charge in [0.2, 0.25) is 0 Å². The van der Waals surface area contributed by atoms with Gasteiger partial charge in [0.25, 0.3) is 0 Å². The summed E-state index contributed by atoms with van der Waals surface area (Å²) < 4.78 is 44.0. The van der Waals surface area contributed by atoms with Crippen LogP contribution in [0.2, 0.25) is 0 Å². The van der Waals surface area contributed by atoms with E-state index >= 15 is 0 Å². The lowest BCUT2D eigenvalue weighted by Crippen LogP contribution is -2.40. The van der Waals surface area contributed by atoms with Gasteiger partial charge in [0.1, 0.15) is 21.7 Å². The van der Waals surface area contributed by atoms with Crippen molar-refractivity contribution in [1.29, 1.82) is 0 Å². The van der Waals surface area contributed by atoms with E-state index in [4.69, 9.17) is 0 Å². The van der Waals surface area contributed by atoms with Gasteiger partial charge in [-0.2, -0.15) is 8.78 Å². The average molecular weight is 331 g/mol. The van der Waals surface area contributed by atoms with E-state index in [-0.39, 0.29) is 5.56 Å². The molecule has 0 aliphatic carbocycles. The van der Waals surface area contributed by atoms with Crippen molar-refractivity contribution in [2.75, 3.05) is 0 Å². The molecule has 3 nitrogen and oxygen atoms in total. The first-order valence-electron chi connectivity index (χ1n) is 6.95. The standard InChI is InChI=1S/C16H23F2NO2S/c1-11(19-22(21)14(2,3)4)12-8-7-9-13(10-12)16(17,18)15(5,6)20/h7-10,20H,1-6H3. The summed E-state index contributed by atoms with van der Waals surface area (Å²) in [5, 5.41) is 9.65. The third kappa shape index (κ3) is 4.27. The largest absolute Gasteiger partial charge is 0.591 e.